The summed E-state index contributed by atoms with van der Waals surface area (Å²) in [4.78, 5) is 0. The fourth-order valence-electron chi connectivity index (χ4n) is 2.60. The number of benzene rings is 3. The van der Waals surface area contributed by atoms with Crippen molar-refractivity contribution in [1.29, 1.82) is 0 Å². The molecular formula is C21H14BrF3. The van der Waals surface area contributed by atoms with Crippen molar-refractivity contribution >= 4 is 26.0 Å². The van der Waals surface area contributed by atoms with Crippen LogP contribution in [-0.4, -0.2) is 0 Å². The molecule has 0 heterocycles. The zero-order valence-electron chi connectivity index (χ0n) is 13.1. The lowest BCUT2D eigenvalue weighted by Gasteiger charge is -2.15. The first-order valence-electron chi connectivity index (χ1n) is 7.65. The summed E-state index contributed by atoms with van der Waals surface area (Å²) in [6, 6.07) is 24.3. The van der Waals surface area contributed by atoms with Crippen molar-refractivity contribution in [2.45, 2.75) is 6.18 Å². The van der Waals surface area contributed by atoms with Crippen LogP contribution in [0.15, 0.2) is 84.9 Å². The van der Waals surface area contributed by atoms with Crippen LogP contribution in [0.4, 0.5) is 13.2 Å². The number of hydrogen-bond acceptors (Lipinski definition) is 0. The maximum Gasteiger partial charge on any atom is 0.416 e. The quantitative estimate of drug-likeness (QED) is 0.413. The van der Waals surface area contributed by atoms with Crippen molar-refractivity contribution in [3.8, 4) is 0 Å². The number of hydrogen-bond donors (Lipinski definition) is 0. The van der Waals surface area contributed by atoms with Gasteiger partial charge in [0.1, 0.15) is 0 Å². The van der Waals surface area contributed by atoms with Crippen LogP contribution >= 0.6 is 15.9 Å². The van der Waals surface area contributed by atoms with Gasteiger partial charge in [-0.15, -0.1) is 0 Å². The summed E-state index contributed by atoms with van der Waals surface area (Å²) in [5, 5.41) is 0. The second-order valence-corrected chi connectivity index (χ2v) is 6.29. The molecule has 0 saturated carbocycles. The minimum atomic E-state index is -4.38. The van der Waals surface area contributed by atoms with Gasteiger partial charge in [0.15, 0.2) is 0 Å². The average Bonchev–Trinajstić information content (AvgIpc) is 2.63. The fourth-order valence-corrected chi connectivity index (χ4v) is 3.33. The first kappa shape index (κ1) is 17.5. The standard InChI is InChI=1S/C21H14BrF3/c22-20(16-10-5-2-6-11-16)19(15-8-3-1-4-9-15)17-12-7-13-18(14-17)21(23,24)25/h1-14H/b20-19-. The fraction of sp³-hybridized carbons (Fsp3) is 0.0476. The number of halogens is 4. The average molecular weight is 403 g/mol. The maximum absolute atomic E-state index is 13.1. The van der Waals surface area contributed by atoms with Crippen LogP contribution in [0.25, 0.3) is 10.1 Å². The van der Waals surface area contributed by atoms with E-state index in [4.69, 9.17) is 0 Å². The summed E-state index contributed by atoms with van der Waals surface area (Å²) in [6.07, 6.45) is -4.38. The molecule has 0 aromatic heterocycles. The SMILES string of the molecule is FC(F)(F)c1cccc(/C(=C(\Br)c2ccccc2)c2ccccc2)c1. The van der Waals surface area contributed by atoms with Gasteiger partial charge in [0, 0.05) is 10.1 Å². The molecule has 4 heteroatoms. The second-order valence-electron chi connectivity index (χ2n) is 5.50. The Hall–Kier alpha value is -2.33. The van der Waals surface area contributed by atoms with Crippen LogP contribution < -0.4 is 0 Å². The molecule has 0 aliphatic carbocycles. The van der Waals surface area contributed by atoms with Gasteiger partial charge in [-0.2, -0.15) is 13.2 Å². The lowest BCUT2D eigenvalue weighted by molar-refractivity contribution is -0.137. The molecule has 0 nitrogen and oxygen atoms in total. The van der Waals surface area contributed by atoms with E-state index in [0.717, 1.165) is 27.2 Å². The van der Waals surface area contributed by atoms with Crippen molar-refractivity contribution in [3.63, 3.8) is 0 Å². The van der Waals surface area contributed by atoms with E-state index >= 15 is 0 Å². The van der Waals surface area contributed by atoms with Crippen LogP contribution in [0.5, 0.6) is 0 Å². The van der Waals surface area contributed by atoms with Gasteiger partial charge in [-0.1, -0.05) is 72.8 Å². The highest BCUT2D eigenvalue weighted by Crippen LogP contribution is 2.38. The molecule has 0 aliphatic heterocycles. The number of rotatable bonds is 3. The van der Waals surface area contributed by atoms with Gasteiger partial charge in [-0.25, -0.2) is 0 Å². The summed E-state index contributed by atoms with van der Waals surface area (Å²) >= 11 is 3.60. The predicted molar refractivity (Wildman–Crippen MR) is 99.2 cm³/mol. The van der Waals surface area contributed by atoms with E-state index in [-0.39, 0.29) is 0 Å². The summed E-state index contributed by atoms with van der Waals surface area (Å²) in [7, 11) is 0. The highest BCUT2D eigenvalue weighted by molar-refractivity contribution is 9.15. The molecular weight excluding hydrogens is 389 g/mol. The first-order valence-corrected chi connectivity index (χ1v) is 8.44. The Bertz CT molecular complexity index is 882. The first-order chi connectivity index (χ1) is 12.0. The van der Waals surface area contributed by atoms with Gasteiger partial charge in [-0.3, -0.25) is 0 Å². The molecule has 0 aliphatic rings. The normalized spacial score (nSPS) is 12.6. The molecule has 0 radical (unpaired) electrons. The van der Waals surface area contributed by atoms with E-state index in [1.165, 1.54) is 12.1 Å². The third-order valence-corrected chi connectivity index (χ3v) is 4.64. The van der Waals surface area contributed by atoms with E-state index in [9.17, 15) is 13.2 Å². The molecule has 0 unspecified atom stereocenters. The molecule has 0 N–H and O–H groups in total. The van der Waals surface area contributed by atoms with Crippen LogP contribution in [0, 0.1) is 0 Å². The van der Waals surface area contributed by atoms with Crippen LogP contribution in [0.3, 0.4) is 0 Å². The topological polar surface area (TPSA) is 0 Å². The van der Waals surface area contributed by atoms with E-state index < -0.39 is 11.7 Å². The zero-order valence-corrected chi connectivity index (χ0v) is 14.7. The van der Waals surface area contributed by atoms with Crippen molar-refractivity contribution < 1.29 is 13.2 Å². The van der Waals surface area contributed by atoms with Crippen LogP contribution in [0.2, 0.25) is 0 Å². The molecule has 3 rings (SSSR count). The molecule has 0 atom stereocenters. The molecule has 0 amide bonds. The lowest BCUT2D eigenvalue weighted by Crippen LogP contribution is -2.05. The van der Waals surface area contributed by atoms with Gasteiger partial charge in [0.25, 0.3) is 0 Å². The van der Waals surface area contributed by atoms with Crippen molar-refractivity contribution in [1.82, 2.24) is 0 Å². The Morgan fingerprint density at radius 3 is 1.72 bits per heavy atom. The molecule has 25 heavy (non-hydrogen) atoms. The highest BCUT2D eigenvalue weighted by atomic mass is 79.9. The van der Waals surface area contributed by atoms with Gasteiger partial charge in [0.05, 0.1) is 5.56 Å². The Balaban J connectivity index is 2.24. The van der Waals surface area contributed by atoms with E-state index in [1.54, 1.807) is 6.07 Å². The maximum atomic E-state index is 13.1. The monoisotopic (exact) mass is 402 g/mol. The summed E-state index contributed by atoms with van der Waals surface area (Å²) in [6.45, 7) is 0. The Morgan fingerprint density at radius 1 is 0.640 bits per heavy atom. The summed E-state index contributed by atoms with van der Waals surface area (Å²) in [5.41, 5.74) is 2.32. The third-order valence-electron chi connectivity index (χ3n) is 3.79. The summed E-state index contributed by atoms with van der Waals surface area (Å²) in [5.74, 6) is 0. The van der Waals surface area contributed by atoms with Gasteiger partial charge >= 0.3 is 6.18 Å². The van der Waals surface area contributed by atoms with Crippen LogP contribution in [-0.2, 0) is 6.18 Å². The zero-order chi connectivity index (χ0) is 17.9. The Kier molecular flexibility index (Phi) is 5.09. The smallest absolute Gasteiger partial charge is 0.166 e. The third kappa shape index (κ3) is 4.02. The Morgan fingerprint density at radius 2 is 1.16 bits per heavy atom. The minimum Gasteiger partial charge on any atom is -0.166 e. The molecule has 126 valence electrons. The predicted octanol–water partition coefficient (Wildman–Crippen LogP) is 7.02. The van der Waals surface area contributed by atoms with Gasteiger partial charge < -0.3 is 0 Å². The summed E-state index contributed by atoms with van der Waals surface area (Å²) < 4.78 is 40.1. The molecule has 3 aromatic rings. The van der Waals surface area contributed by atoms with Crippen molar-refractivity contribution in [2.75, 3.05) is 0 Å². The van der Waals surface area contributed by atoms with Crippen LogP contribution in [0.1, 0.15) is 22.3 Å². The highest BCUT2D eigenvalue weighted by Gasteiger charge is 2.30. The number of alkyl halides is 3. The molecule has 0 saturated heterocycles. The van der Waals surface area contributed by atoms with Gasteiger partial charge in [0.2, 0.25) is 0 Å². The molecule has 0 spiro atoms. The van der Waals surface area contributed by atoms with E-state index in [2.05, 4.69) is 15.9 Å². The molecule has 3 aromatic carbocycles. The second kappa shape index (κ2) is 7.28. The van der Waals surface area contributed by atoms with E-state index in [0.29, 0.717) is 5.56 Å². The van der Waals surface area contributed by atoms with Crippen molar-refractivity contribution in [2.24, 2.45) is 0 Å². The molecule has 0 fully saturated rings. The molecule has 0 bridgehead atoms. The minimum absolute atomic E-state index is 0.511. The van der Waals surface area contributed by atoms with Crippen molar-refractivity contribution in [3.05, 3.63) is 107 Å². The van der Waals surface area contributed by atoms with E-state index in [1.807, 2.05) is 60.7 Å². The van der Waals surface area contributed by atoms with Gasteiger partial charge in [-0.05, 0) is 44.8 Å². The lowest BCUT2D eigenvalue weighted by atomic mass is 9.94. The largest absolute Gasteiger partial charge is 0.416 e. The Labute approximate surface area is 152 Å².